The van der Waals surface area contributed by atoms with Gasteiger partial charge in [-0.1, -0.05) is 17.4 Å². The van der Waals surface area contributed by atoms with Crippen molar-refractivity contribution in [3.63, 3.8) is 0 Å². The lowest BCUT2D eigenvalue weighted by molar-refractivity contribution is -0.117. The van der Waals surface area contributed by atoms with Crippen LogP contribution in [0.15, 0.2) is 41.4 Å². The standard InChI is InChI=1S/C22H26N2O5S/c1-5-29-16-7-8-17-20(14-16)30-22(24(17)10-11-26-2)23-21(25)13-15-6-9-18(27-3)19(12-15)28-4/h6-9,12,14H,5,10-11,13H2,1-4H3. The smallest absolute Gasteiger partial charge is 0.252 e. The summed E-state index contributed by atoms with van der Waals surface area (Å²) in [5.41, 5.74) is 1.81. The second-order valence-electron chi connectivity index (χ2n) is 6.46. The molecule has 0 bridgehead atoms. The molecule has 0 fully saturated rings. The monoisotopic (exact) mass is 430 g/mol. The Labute approximate surface area is 179 Å². The zero-order chi connectivity index (χ0) is 21.5. The highest BCUT2D eigenvalue weighted by atomic mass is 32.1. The van der Waals surface area contributed by atoms with Crippen LogP contribution in [0.5, 0.6) is 17.2 Å². The predicted molar refractivity (Wildman–Crippen MR) is 117 cm³/mol. The first-order valence-corrected chi connectivity index (χ1v) is 10.4. The van der Waals surface area contributed by atoms with E-state index in [1.807, 2.05) is 35.8 Å². The summed E-state index contributed by atoms with van der Waals surface area (Å²) >= 11 is 1.46. The first-order chi connectivity index (χ1) is 14.6. The van der Waals surface area contributed by atoms with Crippen molar-refractivity contribution >= 4 is 27.5 Å². The summed E-state index contributed by atoms with van der Waals surface area (Å²) < 4.78 is 24.4. The zero-order valence-electron chi connectivity index (χ0n) is 17.6. The number of benzene rings is 2. The van der Waals surface area contributed by atoms with Gasteiger partial charge in [0, 0.05) is 13.7 Å². The summed E-state index contributed by atoms with van der Waals surface area (Å²) in [4.78, 5) is 17.7. The van der Waals surface area contributed by atoms with Crippen molar-refractivity contribution in [2.45, 2.75) is 19.9 Å². The van der Waals surface area contributed by atoms with Crippen LogP contribution >= 0.6 is 11.3 Å². The van der Waals surface area contributed by atoms with Gasteiger partial charge in [0.05, 0.1) is 44.1 Å². The maximum Gasteiger partial charge on any atom is 0.252 e. The average Bonchev–Trinajstić information content (AvgIpc) is 3.08. The molecular formula is C22H26N2O5S. The summed E-state index contributed by atoms with van der Waals surface area (Å²) in [5, 5.41) is 0. The molecule has 7 nitrogen and oxygen atoms in total. The van der Waals surface area contributed by atoms with E-state index in [9.17, 15) is 4.79 Å². The Morgan fingerprint density at radius 1 is 1.07 bits per heavy atom. The number of aromatic nitrogens is 1. The second-order valence-corrected chi connectivity index (χ2v) is 7.47. The summed E-state index contributed by atoms with van der Waals surface area (Å²) in [6, 6.07) is 11.3. The van der Waals surface area contributed by atoms with Gasteiger partial charge >= 0.3 is 0 Å². The van der Waals surface area contributed by atoms with Gasteiger partial charge in [0.15, 0.2) is 16.3 Å². The molecule has 160 valence electrons. The highest BCUT2D eigenvalue weighted by molar-refractivity contribution is 7.16. The van der Waals surface area contributed by atoms with Gasteiger partial charge in [-0.05, 0) is 42.8 Å². The molecule has 0 saturated heterocycles. The van der Waals surface area contributed by atoms with Crippen LogP contribution < -0.4 is 19.0 Å². The van der Waals surface area contributed by atoms with Crippen LogP contribution in [-0.2, 0) is 22.5 Å². The molecular weight excluding hydrogens is 404 g/mol. The summed E-state index contributed by atoms with van der Waals surface area (Å²) in [5.74, 6) is 1.78. The first-order valence-electron chi connectivity index (χ1n) is 9.63. The summed E-state index contributed by atoms with van der Waals surface area (Å²) in [7, 11) is 4.80. The topological polar surface area (TPSA) is 71.3 Å². The maximum atomic E-state index is 12.7. The maximum absolute atomic E-state index is 12.7. The van der Waals surface area contributed by atoms with Crippen molar-refractivity contribution in [3.8, 4) is 17.2 Å². The van der Waals surface area contributed by atoms with Crippen molar-refractivity contribution in [1.29, 1.82) is 0 Å². The number of fused-ring (bicyclic) bond motifs is 1. The number of rotatable bonds is 9. The van der Waals surface area contributed by atoms with Gasteiger partial charge < -0.3 is 23.5 Å². The molecule has 8 heteroatoms. The molecule has 0 radical (unpaired) electrons. The van der Waals surface area contributed by atoms with Gasteiger partial charge in [0.1, 0.15) is 5.75 Å². The van der Waals surface area contributed by atoms with E-state index in [2.05, 4.69) is 4.99 Å². The second kappa shape index (κ2) is 10.3. The van der Waals surface area contributed by atoms with Crippen LogP contribution in [-0.4, -0.2) is 45.0 Å². The molecule has 0 atom stereocenters. The molecule has 0 spiro atoms. The van der Waals surface area contributed by atoms with E-state index in [1.54, 1.807) is 33.5 Å². The quantitative estimate of drug-likeness (QED) is 0.520. The van der Waals surface area contributed by atoms with E-state index in [1.165, 1.54) is 11.3 Å². The molecule has 0 aliphatic carbocycles. The van der Waals surface area contributed by atoms with E-state index in [0.717, 1.165) is 21.5 Å². The third kappa shape index (κ3) is 5.01. The number of ether oxygens (including phenoxy) is 4. The minimum atomic E-state index is -0.232. The van der Waals surface area contributed by atoms with Crippen LogP contribution in [0.4, 0.5) is 0 Å². The van der Waals surface area contributed by atoms with Crippen LogP contribution in [0.25, 0.3) is 10.2 Å². The van der Waals surface area contributed by atoms with Gasteiger partial charge in [-0.3, -0.25) is 4.79 Å². The van der Waals surface area contributed by atoms with E-state index < -0.39 is 0 Å². The van der Waals surface area contributed by atoms with Gasteiger partial charge in [-0.25, -0.2) is 0 Å². The minimum absolute atomic E-state index is 0.170. The molecule has 0 unspecified atom stereocenters. The number of thiazole rings is 1. The van der Waals surface area contributed by atoms with Crippen molar-refractivity contribution in [2.75, 3.05) is 34.5 Å². The van der Waals surface area contributed by atoms with Gasteiger partial charge in [-0.15, -0.1) is 0 Å². The number of carbonyl (C=O) groups is 1. The molecule has 1 heterocycles. The number of methoxy groups -OCH3 is 3. The summed E-state index contributed by atoms with van der Waals surface area (Å²) in [6.07, 6.45) is 0.170. The third-order valence-corrected chi connectivity index (χ3v) is 5.55. The Kier molecular flexibility index (Phi) is 7.48. The normalized spacial score (nSPS) is 11.7. The lowest BCUT2D eigenvalue weighted by Gasteiger charge is -2.08. The highest BCUT2D eigenvalue weighted by Crippen LogP contribution is 2.28. The number of hydrogen-bond donors (Lipinski definition) is 0. The van der Waals surface area contributed by atoms with Gasteiger partial charge in [0.25, 0.3) is 5.91 Å². The largest absolute Gasteiger partial charge is 0.494 e. The van der Waals surface area contributed by atoms with E-state index >= 15 is 0 Å². The Morgan fingerprint density at radius 2 is 1.87 bits per heavy atom. The van der Waals surface area contributed by atoms with Crippen molar-refractivity contribution < 1.29 is 23.7 Å². The highest BCUT2D eigenvalue weighted by Gasteiger charge is 2.11. The fourth-order valence-electron chi connectivity index (χ4n) is 3.11. The number of carbonyl (C=O) groups excluding carboxylic acids is 1. The summed E-state index contributed by atoms with van der Waals surface area (Å²) in [6.45, 7) is 3.68. The molecule has 2 aromatic carbocycles. The molecule has 3 aromatic rings. The SMILES string of the molecule is CCOc1ccc2c(c1)sc(=NC(=O)Cc1ccc(OC)c(OC)c1)n2CCOC. The molecule has 0 saturated carbocycles. The molecule has 1 aromatic heterocycles. The lowest BCUT2D eigenvalue weighted by atomic mass is 10.1. The zero-order valence-corrected chi connectivity index (χ0v) is 18.5. The first kappa shape index (κ1) is 21.9. The fourth-order valence-corrected chi connectivity index (χ4v) is 4.21. The van der Waals surface area contributed by atoms with Gasteiger partial charge in [-0.2, -0.15) is 4.99 Å². The van der Waals surface area contributed by atoms with Crippen LogP contribution in [0.3, 0.4) is 0 Å². The lowest BCUT2D eigenvalue weighted by Crippen LogP contribution is -2.19. The number of amides is 1. The molecule has 0 aliphatic rings. The number of hydrogen-bond acceptors (Lipinski definition) is 6. The molecule has 30 heavy (non-hydrogen) atoms. The Morgan fingerprint density at radius 3 is 2.57 bits per heavy atom. The van der Waals surface area contributed by atoms with E-state index in [0.29, 0.717) is 36.1 Å². The Hall–Kier alpha value is -2.84. The predicted octanol–water partition coefficient (Wildman–Crippen LogP) is 3.44. The van der Waals surface area contributed by atoms with Crippen LogP contribution in [0, 0.1) is 0 Å². The minimum Gasteiger partial charge on any atom is -0.494 e. The van der Waals surface area contributed by atoms with Crippen molar-refractivity contribution in [2.24, 2.45) is 4.99 Å². The van der Waals surface area contributed by atoms with E-state index in [-0.39, 0.29) is 12.3 Å². The van der Waals surface area contributed by atoms with E-state index in [4.69, 9.17) is 18.9 Å². The van der Waals surface area contributed by atoms with Crippen LogP contribution in [0.2, 0.25) is 0 Å². The van der Waals surface area contributed by atoms with Crippen LogP contribution in [0.1, 0.15) is 12.5 Å². The third-order valence-electron chi connectivity index (χ3n) is 4.51. The average molecular weight is 431 g/mol. The van der Waals surface area contributed by atoms with Gasteiger partial charge in [0.2, 0.25) is 0 Å². The fraction of sp³-hybridized carbons (Fsp3) is 0.364. The molecule has 0 aliphatic heterocycles. The molecule has 0 N–H and O–H groups in total. The Balaban J connectivity index is 1.94. The molecule has 3 rings (SSSR count). The number of nitrogens with zero attached hydrogens (tertiary/aromatic N) is 2. The molecule has 1 amide bonds. The van der Waals surface area contributed by atoms with Crippen molar-refractivity contribution in [3.05, 3.63) is 46.8 Å². The van der Waals surface area contributed by atoms with Crippen molar-refractivity contribution in [1.82, 2.24) is 4.57 Å². The Bertz CT molecular complexity index is 1090.